The van der Waals surface area contributed by atoms with Crippen LogP contribution in [-0.2, 0) is 31.6 Å². The third-order valence-electron chi connectivity index (χ3n) is 4.13. The molecule has 1 aromatic carbocycles. The average Bonchev–Trinajstić information content (AvgIpc) is 3.12. The van der Waals surface area contributed by atoms with E-state index >= 15 is 4.39 Å². The molecular formula is C12H16F2N3O13P3. The number of nitrogens with two attached hydrogens (primary N) is 1. The normalized spacial score (nSPS) is 29.7. The maximum Gasteiger partial charge on any atom is 0.490 e. The van der Waals surface area contributed by atoms with Crippen molar-refractivity contribution in [1.82, 2.24) is 9.55 Å². The lowest BCUT2D eigenvalue weighted by molar-refractivity contribution is -0.203. The van der Waals surface area contributed by atoms with E-state index in [1.54, 1.807) is 0 Å². The van der Waals surface area contributed by atoms with Crippen LogP contribution in [0.2, 0.25) is 0 Å². The van der Waals surface area contributed by atoms with Crippen LogP contribution in [0.25, 0.3) is 11.0 Å². The molecule has 3 rings (SSSR count). The van der Waals surface area contributed by atoms with E-state index in [9.17, 15) is 33.2 Å². The molecule has 33 heavy (non-hydrogen) atoms. The average molecular weight is 541 g/mol. The lowest BCUT2D eigenvalue weighted by atomic mass is 10.1. The van der Waals surface area contributed by atoms with Crippen molar-refractivity contribution in [3.63, 3.8) is 0 Å². The minimum atomic E-state index is -5.88. The summed E-state index contributed by atoms with van der Waals surface area (Å²) in [5.74, 6) is -3.93. The number of nitrogens with zero attached hydrogens (tertiary/aromatic N) is 2. The number of phenols is 1. The molecule has 0 saturated carbocycles. The molecule has 16 nitrogen and oxygen atoms in total. The van der Waals surface area contributed by atoms with Crippen LogP contribution in [0.5, 0.6) is 5.75 Å². The lowest BCUT2D eigenvalue weighted by Gasteiger charge is -2.24. The van der Waals surface area contributed by atoms with Gasteiger partial charge in [-0.3, -0.25) is 4.52 Å². The van der Waals surface area contributed by atoms with E-state index in [2.05, 4.69) is 18.1 Å². The van der Waals surface area contributed by atoms with Gasteiger partial charge in [-0.25, -0.2) is 27.5 Å². The fourth-order valence-corrected chi connectivity index (χ4v) is 5.90. The standard InChI is InChI=1S/C12H16F2N3O13P3/c13-8-10(19)12(14,3-27-32(23,24)30-33(25,26)29-31(20,21)22)28-11(8)17-4-16-9-6(17)1-5(15)2-7(9)18/h1-2,4,8,10-11,18-19H,3,15H2,(H,23,24)(H,25,26)(H2,20,21,22)/t8-,10+,11-,12-/m1/s1. The number of rotatable bonds is 8. The molecule has 0 bridgehead atoms. The molecule has 2 unspecified atom stereocenters. The number of aromatic hydroxyl groups is 1. The number of aliphatic hydroxyl groups is 1. The third kappa shape index (κ3) is 5.77. The zero-order chi connectivity index (χ0) is 25.0. The maximum absolute atomic E-state index is 15.1. The predicted octanol–water partition coefficient (Wildman–Crippen LogP) is 0.561. The van der Waals surface area contributed by atoms with Gasteiger partial charge in [-0.15, -0.1) is 0 Å². The van der Waals surface area contributed by atoms with Crippen molar-refractivity contribution in [1.29, 1.82) is 0 Å². The quantitative estimate of drug-likeness (QED) is 0.178. The zero-order valence-electron chi connectivity index (χ0n) is 15.8. The Bertz CT molecular complexity index is 1210. The predicted molar refractivity (Wildman–Crippen MR) is 100 cm³/mol. The SMILES string of the molecule is Nc1cc(O)c2ncn([C@@H]3O[C@](F)(COP(=O)(O)OP(=O)(O)OP(=O)(O)O)[C@@H](O)[C@H]3F)c2c1. The second-order valence-corrected chi connectivity index (χ2v) is 11.0. The molecule has 2 heterocycles. The number of phosphoric ester groups is 1. The number of anilines is 1. The first-order valence-electron chi connectivity index (χ1n) is 8.35. The van der Waals surface area contributed by atoms with Crippen LogP contribution in [-0.4, -0.2) is 64.1 Å². The van der Waals surface area contributed by atoms with Gasteiger partial charge < -0.3 is 44.8 Å². The van der Waals surface area contributed by atoms with E-state index in [1.807, 2.05) is 0 Å². The Kier molecular flexibility index (Phi) is 6.80. The van der Waals surface area contributed by atoms with Crippen molar-refractivity contribution in [2.45, 2.75) is 24.4 Å². The summed E-state index contributed by atoms with van der Waals surface area (Å²) in [6.45, 7) is -1.76. The van der Waals surface area contributed by atoms with Crippen molar-refractivity contribution in [3.8, 4) is 5.75 Å². The number of aromatic nitrogens is 2. The van der Waals surface area contributed by atoms with Crippen molar-refractivity contribution >= 4 is 40.2 Å². The van der Waals surface area contributed by atoms with E-state index in [1.165, 1.54) is 6.07 Å². The second-order valence-electron chi connectivity index (χ2n) is 6.61. The molecule has 1 saturated heterocycles. The number of alkyl halides is 2. The Balaban J connectivity index is 1.78. The van der Waals surface area contributed by atoms with Crippen LogP contribution in [0.4, 0.5) is 14.5 Å². The van der Waals surface area contributed by atoms with Crippen LogP contribution in [0.1, 0.15) is 6.23 Å². The molecule has 0 radical (unpaired) electrons. The highest BCUT2D eigenvalue weighted by atomic mass is 31.3. The molecular weight excluding hydrogens is 525 g/mol. The number of imidazole rings is 1. The van der Waals surface area contributed by atoms with E-state index < -0.39 is 60.2 Å². The number of nitrogen functional groups attached to an aromatic ring is 1. The number of aliphatic hydroxyl groups excluding tert-OH is 1. The summed E-state index contributed by atoms with van der Waals surface area (Å²) in [6, 6.07) is 2.37. The van der Waals surface area contributed by atoms with Gasteiger partial charge in [0.25, 0.3) is 5.85 Å². The summed E-state index contributed by atoms with van der Waals surface area (Å²) in [5, 5.41) is 19.8. The molecule has 21 heteroatoms. The fourth-order valence-electron chi connectivity index (χ4n) is 2.87. The molecule has 2 aromatic rings. The van der Waals surface area contributed by atoms with E-state index in [0.717, 1.165) is 17.0 Å². The lowest BCUT2D eigenvalue weighted by Crippen LogP contribution is -2.41. The largest absolute Gasteiger partial charge is 0.506 e. The van der Waals surface area contributed by atoms with E-state index in [4.69, 9.17) is 25.2 Å². The Morgan fingerprint density at radius 2 is 1.82 bits per heavy atom. The summed E-state index contributed by atoms with van der Waals surface area (Å²) in [6.07, 6.45) is -6.18. The molecule has 1 aromatic heterocycles. The highest BCUT2D eigenvalue weighted by Gasteiger charge is 2.58. The zero-order valence-corrected chi connectivity index (χ0v) is 18.5. The van der Waals surface area contributed by atoms with E-state index in [-0.39, 0.29) is 16.7 Å². The van der Waals surface area contributed by atoms with Crippen LogP contribution < -0.4 is 5.73 Å². The summed E-state index contributed by atoms with van der Waals surface area (Å²) in [7, 11) is -17.3. The van der Waals surface area contributed by atoms with Crippen molar-refractivity contribution in [2.75, 3.05) is 12.3 Å². The molecule has 0 aliphatic carbocycles. The van der Waals surface area contributed by atoms with Gasteiger partial charge in [0, 0.05) is 11.8 Å². The van der Waals surface area contributed by atoms with Gasteiger partial charge in [-0.2, -0.15) is 8.62 Å². The molecule has 6 atom stereocenters. The molecule has 8 N–H and O–H groups in total. The fraction of sp³-hybridized carbons (Fsp3) is 0.417. The third-order valence-corrected chi connectivity index (χ3v) is 7.91. The highest BCUT2D eigenvalue weighted by Crippen LogP contribution is 2.66. The molecule has 1 aliphatic rings. The number of fused-ring (bicyclic) bond motifs is 1. The summed E-state index contributed by atoms with van der Waals surface area (Å²) >= 11 is 0. The van der Waals surface area contributed by atoms with Gasteiger partial charge in [-0.1, -0.05) is 0 Å². The number of ether oxygens (including phenoxy) is 1. The van der Waals surface area contributed by atoms with Gasteiger partial charge in [-0.05, 0) is 6.07 Å². The molecule has 186 valence electrons. The topological polar surface area (TPSA) is 253 Å². The van der Waals surface area contributed by atoms with Crippen molar-refractivity contribution in [2.24, 2.45) is 0 Å². The van der Waals surface area contributed by atoms with Crippen LogP contribution in [0, 0.1) is 0 Å². The molecule has 1 fully saturated rings. The van der Waals surface area contributed by atoms with Crippen LogP contribution in [0.15, 0.2) is 18.5 Å². The first kappa shape index (κ1) is 26.1. The van der Waals surface area contributed by atoms with Crippen LogP contribution >= 0.6 is 23.5 Å². The first-order chi connectivity index (χ1) is 14.9. The van der Waals surface area contributed by atoms with Gasteiger partial charge in [0.2, 0.25) is 0 Å². The second kappa shape index (κ2) is 8.61. The molecule has 1 aliphatic heterocycles. The number of benzene rings is 1. The molecule has 0 amide bonds. The minimum Gasteiger partial charge on any atom is -0.506 e. The Morgan fingerprint density at radius 3 is 2.42 bits per heavy atom. The first-order valence-corrected chi connectivity index (χ1v) is 12.9. The van der Waals surface area contributed by atoms with Crippen molar-refractivity contribution in [3.05, 3.63) is 18.5 Å². The number of halogens is 2. The summed E-state index contributed by atoms with van der Waals surface area (Å²) in [5.41, 5.74) is 5.53. The maximum atomic E-state index is 15.1. The number of phenolic OH excluding ortho intramolecular Hbond substituents is 1. The summed E-state index contributed by atoms with van der Waals surface area (Å²) in [4.78, 5) is 39.2. The summed E-state index contributed by atoms with van der Waals surface area (Å²) < 4.78 is 80.1. The van der Waals surface area contributed by atoms with Gasteiger partial charge in [0.1, 0.15) is 17.9 Å². The Labute approximate surface area is 181 Å². The van der Waals surface area contributed by atoms with Gasteiger partial charge >= 0.3 is 23.5 Å². The number of phosphoric acid groups is 3. The highest BCUT2D eigenvalue weighted by molar-refractivity contribution is 7.66. The van der Waals surface area contributed by atoms with Crippen molar-refractivity contribution < 1.29 is 70.1 Å². The van der Waals surface area contributed by atoms with Gasteiger partial charge in [0.05, 0.1) is 11.8 Å². The smallest absolute Gasteiger partial charge is 0.490 e. The Morgan fingerprint density at radius 1 is 1.18 bits per heavy atom. The Hall–Kier alpha value is -1.52. The minimum absolute atomic E-state index is 0.0230. The van der Waals surface area contributed by atoms with Gasteiger partial charge in [0.15, 0.2) is 18.5 Å². The molecule has 0 spiro atoms. The number of hydrogen-bond acceptors (Lipinski definition) is 11. The number of hydrogen-bond donors (Lipinski definition) is 7. The van der Waals surface area contributed by atoms with Crippen LogP contribution in [0.3, 0.4) is 0 Å². The van der Waals surface area contributed by atoms with E-state index in [0.29, 0.717) is 0 Å². The monoisotopic (exact) mass is 541 g/mol.